The monoisotopic (exact) mass is 292 g/mol. The number of benzene rings is 1. The smallest absolute Gasteiger partial charge is 0.208 e. The first-order chi connectivity index (χ1) is 8.31. The van der Waals surface area contributed by atoms with Crippen molar-refractivity contribution in [2.45, 2.75) is 25.4 Å². The number of hydrogen-bond acceptors (Lipinski definition) is 3. The second-order valence-electron chi connectivity index (χ2n) is 4.28. The van der Waals surface area contributed by atoms with E-state index in [0.29, 0.717) is 6.04 Å². The average molecular weight is 293 g/mol. The first kappa shape index (κ1) is 11.0. The molecule has 3 nitrogen and oxygen atoms in total. The minimum Gasteiger partial charge on any atom is -0.439 e. The Morgan fingerprint density at radius 1 is 1.29 bits per heavy atom. The molecule has 0 aliphatic heterocycles. The summed E-state index contributed by atoms with van der Waals surface area (Å²) in [7, 11) is 0. The van der Waals surface area contributed by atoms with Crippen molar-refractivity contribution >= 4 is 15.9 Å². The topological polar surface area (TPSA) is 38.1 Å². The van der Waals surface area contributed by atoms with Crippen molar-refractivity contribution in [3.05, 3.63) is 40.8 Å². The predicted octanol–water partition coefficient (Wildman–Crippen LogP) is 3.36. The minimum atomic E-state index is 0.679. The summed E-state index contributed by atoms with van der Waals surface area (Å²) in [5, 5.41) is 3.38. The molecule has 1 aliphatic carbocycles. The summed E-state index contributed by atoms with van der Waals surface area (Å²) < 4.78 is 6.76. The fourth-order valence-corrected chi connectivity index (χ4v) is 1.92. The van der Waals surface area contributed by atoms with E-state index in [4.69, 9.17) is 4.42 Å². The molecule has 1 N–H and O–H groups in total. The summed E-state index contributed by atoms with van der Waals surface area (Å²) in [6, 6.07) is 8.71. The van der Waals surface area contributed by atoms with Gasteiger partial charge in [0.25, 0.3) is 0 Å². The summed E-state index contributed by atoms with van der Waals surface area (Å²) in [5.41, 5.74) is 1.05. The van der Waals surface area contributed by atoms with E-state index in [1.807, 2.05) is 24.3 Å². The van der Waals surface area contributed by atoms with Gasteiger partial charge in [-0.2, -0.15) is 0 Å². The lowest BCUT2D eigenvalue weighted by Gasteiger charge is -1.98. The molecule has 1 saturated carbocycles. The number of rotatable bonds is 4. The molecule has 1 aliphatic rings. The second-order valence-corrected chi connectivity index (χ2v) is 5.20. The molecule has 0 spiro atoms. The molecular formula is C13H13BrN2O. The van der Waals surface area contributed by atoms with E-state index in [-0.39, 0.29) is 0 Å². The van der Waals surface area contributed by atoms with Gasteiger partial charge in [0.05, 0.1) is 12.7 Å². The van der Waals surface area contributed by atoms with Crippen LogP contribution in [0, 0.1) is 0 Å². The van der Waals surface area contributed by atoms with Crippen LogP contribution in [0.5, 0.6) is 0 Å². The lowest BCUT2D eigenvalue weighted by atomic mass is 10.2. The SMILES string of the molecule is Brc1ccc(-c2cnc(CNC3CC3)o2)cc1. The van der Waals surface area contributed by atoms with Gasteiger partial charge in [-0.1, -0.05) is 28.1 Å². The summed E-state index contributed by atoms with van der Waals surface area (Å²) in [4.78, 5) is 4.27. The molecule has 1 heterocycles. The average Bonchev–Trinajstić information content (AvgIpc) is 3.06. The maximum absolute atomic E-state index is 5.70. The third-order valence-corrected chi connectivity index (χ3v) is 3.33. The molecule has 2 aromatic rings. The predicted molar refractivity (Wildman–Crippen MR) is 69.5 cm³/mol. The van der Waals surface area contributed by atoms with E-state index in [9.17, 15) is 0 Å². The van der Waals surface area contributed by atoms with E-state index in [2.05, 4.69) is 26.2 Å². The zero-order valence-electron chi connectivity index (χ0n) is 9.32. The molecule has 0 unspecified atom stereocenters. The summed E-state index contributed by atoms with van der Waals surface area (Å²) in [6.07, 6.45) is 4.34. The molecule has 0 bridgehead atoms. The largest absolute Gasteiger partial charge is 0.439 e. The Labute approximate surface area is 108 Å². The molecule has 0 amide bonds. The van der Waals surface area contributed by atoms with E-state index >= 15 is 0 Å². The van der Waals surface area contributed by atoms with Crippen molar-refractivity contribution in [1.29, 1.82) is 0 Å². The number of nitrogens with zero attached hydrogens (tertiary/aromatic N) is 1. The Bertz CT molecular complexity index is 502. The van der Waals surface area contributed by atoms with Crippen molar-refractivity contribution in [3.8, 4) is 11.3 Å². The summed E-state index contributed by atoms with van der Waals surface area (Å²) in [5.74, 6) is 1.58. The quantitative estimate of drug-likeness (QED) is 0.939. The maximum Gasteiger partial charge on any atom is 0.208 e. The van der Waals surface area contributed by atoms with Gasteiger partial charge in [-0.15, -0.1) is 0 Å². The van der Waals surface area contributed by atoms with E-state index < -0.39 is 0 Å². The molecule has 0 saturated heterocycles. The van der Waals surface area contributed by atoms with Gasteiger partial charge in [-0.3, -0.25) is 0 Å². The van der Waals surface area contributed by atoms with Gasteiger partial charge in [0.1, 0.15) is 0 Å². The van der Waals surface area contributed by atoms with Crippen LogP contribution in [-0.2, 0) is 6.54 Å². The maximum atomic E-state index is 5.70. The Morgan fingerprint density at radius 2 is 2.06 bits per heavy atom. The molecule has 3 rings (SSSR count). The number of aromatic nitrogens is 1. The molecule has 1 fully saturated rings. The van der Waals surface area contributed by atoms with Crippen LogP contribution in [0.4, 0.5) is 0 Å². The van der Waals surface area contributed by atoms with Crippen LogP contribution in [0.1, 0.15) is 18.7 Å². The highest BCUT2D eigenvalue weighted by Crippen LogP contribution is 2.23. The molecule has 1 aromatic heterocycles. The number of nitrogens with one attached hydrogen (secondary N) is 1. The molecule has 88 valence electrons. The number of hydrogen-bond donors (Lipinski definition) is 1. The molecule has 0 radical (unpaired) electrons. The van der Waals surface area contributed by atoms with E-state index in [0.717, 1.165) is 28.2 Å². The van der Waals surface area contributed by atoms with Crippen LogP contribution in [0.25, 0.3) is 11.3 Å². The van der Waals surface area contributed by atoms with Crippen molar-refractivity contribution in [1.82, 2.24) is 10.3 Å². The third-order valence-electron chi connectivity index (χ3n) is 2.80. The van der Waals surface area contributed by atoms with Gasteiger partial charge in [0.15, 0.2) is 5.76 Å². The van der Waals surface area contributed by atoms with Gasteiger partial charge < -0.3 is 9.73 Å². The molecule has 0 atom stereocenters. The number of halogens is 1. The zero-order chi connectivity index (χ0) is 11.7. The van der Waals surface area contributed by atoms with Gasteiger partial charge in [0.2, 0.25) is 5.89 Å². The Balaban J connectivity index is 1.72. The van der Waals surface area contributed by atoms with Crippen LogP contribution in [-0.4, -0.2) is 11.0 Å². The highest BCUT2D eigenvalue weighted by Gasteiger charge is 2.20. The fraction of sp³-hybridized carbons (Fsp3) is 0.308. The van der Waals surface area contributed by atoms with Crippen LogP contribution in [0.15, 0.2) is 39.4 Å². The molecular weight excluding hydrogens is 280 g/mol. The van der Waals surface area contributed by atoms with Gasteiger partial charge in [-0.25, -0.2) is 4.98 Å². The van der Waals surface area contributed by atoms with Crippen molar-refractivity contribution in [2.24, 2.45) is 0 Å². The van der Waals surface area contributed by atoms with Crippen molar-refractivity contribution in [3.63, 3.8) is 0 Å². The van der Waals surface area contributed by atoms with Crippen LogP contribution >= 0.6 is 15.9 Å². The third kappa shape index (κ3) is 2.76. The zero-order valence-corrected chi connectivity index (χ0v) is 10.9. The molecule has 1 aromatic carbocycles. The van der Waals surface area contributed by atoms with Crippen LogP contribution in [0.3, 0.4) is 0 Å². The fourth-order valence-electron chi connectivity index (χ4n) is 1.66. The molecule has 4 heteroatoms. The van der Waals surface area contributed by atoms with Crippen molar-refractivity contribution < 1.29 is 4.42 Å². The van der Waals surface area contributed by atoms with Gasteiger partial charge >= 0.3 is 0 Å². The first-order valence-electron chi connectivity index (χ1n) is 5.75. The Morgan fingerprint density at radius 3 is 2.76 bits per heavy atom. The van der Waals surface area contributed by atoms with Crippen molar-refractivity contribution in [2.75, 3.05) is 0 Å². The highest BCUT2D eigenvalue weighted by atomic mass is 79.9. The Kier molecular flexibility index (Phi) is 2.99. The van der Waals surface area contributed by atoms with Gasteiger partial charge in [0, 0.05) is 16.1 Å². The van der Waals surface area contributed by atoms with Gasteiger partial charge in [-0.05, 0) is 25.0 Å². The second kappa shape index (κ2) is 4.63. The Hall–Kier alpha value is -1.13. The highest BCUT2D eigenvalue weighted by molar-refractivity contribution is 9.10. The lowest BCUT2D eigenvalue weighted by molar-refractivity contribution is 0.476. The summed E-state index contributed by atoms with van der Waals surface area (Å²) >= 11 is 3.41. The van der Waals surface area contributed by atoms with E-state index in [1.165, 1.54) is 12.8 Å². The number of oxazole rings is 1. The minimum absolute atomic E-state index is 0.679. The normalized spacial score (nSPS) is 15.1. The standard InChI is InChI=1S/C13H13BrN2O/c14-10-3-1-9(2-4-10)12-7-16-13(17-12)8-15-11-5-6-11/h1-4,7,11,15H,5-6,8H2. The van der Waals surface area contributed by atoms with E-state index in [1.54, 1.807) is 6.20 Å². The first-order valence-corrected chi connectivity index (χ1v) is 6.54. The van der Waals surface area contributed by atoms with Crippen LogP contribution in [0.2, 0.25) is 0 Å². The lowest BCUT2D eigenvalue weighted by Crippen LogP contribution is -2.15. The summed E-state index contributed by atoms with van der Waals surface area (Å²) in [6.45, 7) is 0.723. The molecule has 17 heavy (non-hydrogen) atoms. The van der Waals surface area contributed by atoms with Crippen LogP contribution < -0.4 is 5.32 Å².